The molecule has 0 aliphatic carbocycles. The van der Waals surface area contributed by atoms with Crippen LogP contribution < -0.4 is 8.45 Å². The Morgan fingerprint density at radius 2 is 1.37 bits per heavy atom. The Kier molecular flexibility index (Phi) is 12.5. The van der Waals surface area contributed by atoms with Crippen molar-refractivity contribution in [2.45, 2.75) is 79.2 Å². The van der Waals surface area contributed by atoms with Crippen LogP contribution in [0.4, 0.5) is 0 Å². The van der Waals surface area contributed by atoms with Gasteiger partial charge in [-0.3, -0.25) is 0 Å². The van der Waals surface area contributed by atoms with Gasteiger partial charge in [-0.1, -0.05) is 0 Å². The molecule has 0 bridgehead atoms. The van der Waals surface area contributed by atoms with Gasteiger partial charge in [-0.2, -0.15) is 0 Å². The van der Waals surface area contributed by atoms with Crippen LogP contribution in [0.25, 0.3) is 0 Å². The molecule has 0 aliphatic rings. The zero-order valence-electron chi connectivity index (χ0n) is 19.4. The van der Waals surface area contributed by atoms with E-state index >= 15 is 0 Å². The van der Waals surface area contributed by atoms with Gasteiger partial charge in [-0.05, 0) is 0 Å². The van der Waals surface area contributed by atoms with Gasteiger partial charge in [0, 0.05) is 0 Å². The predicted octanol–water partition coefficient (Wildman–Crippen LogP) is 6.73. The van der Waals surface area contributed by atoms with Gasteiger partial charge in [0.15, 0.2) is 0 Å². The summed E-state index contributed by atoms with van der Waals surface area (Å²) in [6.07, 6.45) is 7.90. The Balaban J connectivity index is 1.99. The maximum atomic E-state index is 5.99. The standard InChI is InChI=1S/C14H14NO2.3C4H9.Sn/c1-2-6-13(7-3-1)12-16-10-11-17-14-8-4-5-9-15-14;3*1-3-4-2;/h1-8H,10-12H2;3*1,3-4H2,2H3;. The number of pyridine rings is 1. The first kappa shape index (κ1) is 25.2. The van der Waals surface area contributed by atoms with Gasteiger partial charge in [-0.15, -0.1) is 0 Å². The molecule has 0 N–H and O–H groups in total. The summed E-state index contributed by atoms with van der Waals surface area (Å²) in [5, 5.41) is 0. The van der Waals surface area contributed by atoms with E-state index in [1.807, 2.05) is 24.3 Å². The Morgan fingerprint density at radius 3 is 1.97 bits per heavy atom. The van der Waals surface area contributed by atoms with Crippen molar-refractivity contribution in [1.82, 2.24) is 4.98 Å². The van der Waals surface area contributed by atoms with Gasteiger partial charge in [0.05, 0.1) is 0 Å². The third-order valence-corrected chi connectivity index (χ3v) is 21.0. The van der Waals surface area contributed by atoms with Crippen molar-refractivity contribution in [2.75, 3.05) is 13.2 Å². The number of benzene rings is 1. The molecular formula is C26H41NO2Sn. The van der Waals surface area contributed by atoms with Gasteiger partial charge in [-0.25, -0.2) is 0 Å². The molecule has 1 aromatic carbocycles. The fourth-order valence-corrected chi connectivity index (χ4v) is 19.5. The van der Waals surface area contributed by atoms with Gasteiger partial charge >= 0.3 is 189 Å². The molecule has 30 heavy (non-hydrogen) atoms. The van der Waals surface area contributed by atoms with Crippen molar-refractivity contribution in [1.29, 1.82) is 0 Å². The van der Waals surface area contributed by atoms with Crippen molar-refractivity contribution in [3.63, 3.8) is 0 Å². The minimum atomic E-state index is -2.49. The second kappa shape index (κ2) is 14.9. The molecule has 0 unspecified atom stereocenters. The number of aromatic nitrogens is 1. The average Bonchev–Trinajstić information content (AvgIpc) is 2.79. The van der Waals surface area contributed by atoms with E-state index < -0.39 is 18.4 Å². The molecule has 0 radical (unpaired) electrons. The monoisotopic (exact) mass is 519 g/mol. The summed E-state index contributed by atoms with van der Waals surface area (Å²) < 4.78 is 17.5. The first-order chi connectivity index (χ1) is 14.7. The zero-order valence-corrected chi connectivity index (χ0v) is 22.2. The number of rotatable bonds is 16. The van der Waals surface area contributed by atoms with Gasteiger partial charge in [0.2, 0.25) is 0 Å². The van der Waals surface area contributed by atoms with E-state index in [-0.39, 0.29) is 0 Å². The maximum absolute atomic E-state index is 5.99. The summed E-state index contributed by atoms with van der Waals surface area (Å²) in [6.45, 7) is 8.71. The third kappa shape index (κ3) is 8.58. The Labute approximate surface area is 188 Å². The summed E-state index contributed by atoms with van der Waals surface area (Å²) in [5.74, 6) is 0.779. The number of hydrogen-bond acceptors (Lipinski definition) is 3. The molecule has 2 aromatic rings. The molecule has 1 heterocycles. The SMILES string of the molecule is CCC[CH2][Sn]([CH2]CCC)([CH2]CCC)[c]1cccc(OCCOCc2ccccc2)n1. The summed E-state index contributed by atoms with van der Waals surface area (Å²) >= 11 is -2.49. The zero-order chi connectivity index (χ0) is 21.5. The first-order valence-corrected chi connectivity index (χ1v) is 19.4. The Morgan fingerprint density at radius 1 is 0.733 bits per heavy atom. The fraction of sp³-hybridized carbons (Fsp3) is 0.577. The average molecular weight is 518 g/mol. The number of nitrogens with zero attached hydrogens (tertiary/aromatic N) is 1. The molecule has 0 atom stereocenters. The normalized spacial score (nSPS) is 11.6. The van der Waals surface area contributed by atoms with Crippen LogP contribution in [0.3, 0.4) is 0 Å². The van der Waals surface area contributed by atoms with Crippen LogP contribution in [0, 0.1) is 0 Å². The molecule has 0 amide bonds. The van der Waals surface area contributed by atoms with E-state index in [9.17, 15) is 0 Å². The molecule has 2 rings (SSSR count). The summed E-state index contributed by atoms with van der Waals surface area (Å²) in [6, 6.07) is 16.8. The van der Waals surface area contributed by atoms with Crippen molar-refractivity contribution >= 4 is 22.1 Å². The number of ether oxygens (including phenoxy) is 2. The summed E-state index contributed by atoms with van der Waals surface area (Å²) in [7, 11) is 0. The molecule has 1 aromatic heterocycles. The second-order valence-corrected chi connectivity index (χ2v) is 21.4. The van der Waals surface area contributed by atoms with Crippen molar-refractivity contribution in [2.24, 2.45) is 0 Å². The van der Waals surface area contributed by atoms with Crippen molar-refractivity contribution in [3.05, 3.63) is 54.1 Å². The Bertz CT molecular complexity index is 671. The van der Waals surface area contributed by atoms with Crippen LogP contribution in [-0.4, -0.2) is 36.6 Å². The van der Waals surface area contributed by atoms with Crippen LogP contribution in [0.15, 0.2) is 48.5 Å². The molecule has 166 valence electrons. The summed E-state index contributed by atoms with van der Waals surface area (Å²) in [4.78, 5) is 5.08. The van der Waals surface area contributed by atoms with E-state index in [1.54, 1.807) is 0 Å². The molecule has 0 aliphatic heterocycles. The molecule has 0 saturated heterocycles. The fourth-order valence-electron chi connectivity index (χ4n) is 4.06. The van der Waals surface area contributed by atoms with Crippen LogP contribution in [0.2, 0.25) is 13.3 Å². The predicted molar refractivity (Wildman–Crippen MR) is 130 cm³/mol. The first-order valence-electron chi connectivity index (χ1n) is 12.0. The quantitative estimate of drug-likeness (QED) is 0.182. The Hall–Kier alpha value is -1.07. The van der Waals surface area contributed by atoms with Crippen molar-refractivity contribution in [3.8, 4) is 5.88 Å². The van der Waals surface area contributed by atoms with E-state index in [2.05, 4.69) is 45.0 Å². The second-order valence-electron chi connectivity index (χ2n) is 8.34. The van der Waals surface area contributed by atoms with Gasteiger partial charge in [0.1, 0.15) is 0 Å². The van der Waals surface area contributed by atoms with Crippen LogP contribution >= 0.6 is 0 Å². The van der Waals surface area contributed by atoms with Crippen molar-refractivity contribution < 1.29 is 9.47 Å². The van der Waals surface area contributed by atoms with E-state index in [4.69, 9.17) is 14.5 Å². The molecular weight excluding hydrogens is 477 g/mol. The van der Waals surface area contributed by atoms with Gasteiger partial charge < -0.3 is 0 Å². The van der Waals surface area contributed by atoms with Crippen LogP contribution in [-0.2, 0) is 11.3 Å². The van der Waals surface area contributed by atoms with Crippen LogP contribution in [0.1, 0.15) is 64.9 Å². The van der Waals surface area contributed by atoms with Crippen LogP contribution in [0.5, 0.6) is 5.88 Å². The van der Waals surface area contributed by atoms with E-state index in [0.717, 1.165) is 5.88 Å². The number of hydrogen-bond donors (Lipinski definition) is 0. The minimum absolute atomic E-state index is 0.546. The molecule has 0 saturated carbocycles. The molecule has 3 nitrogen and oxygen atoms in total. The topological polar surface area (TPSA) is 31.4 Å². The van der Waals surface area contributed by atoms with E-state index in [0.29, 0.717) is 19.8 Å². The summed E-state index contributed by atoms with van der Waals surface area (Å²) in [5.41, 5.74) is 1.19. The molecule has 4 heteroatoms. The molecule has 0 fully saturated rings. The van der Waals surface area contributed by atoms with E-state index in [1.165, 1.54) is 61.1 Å². The molecule has 0 spiro atoms. The van der Waals surface area contributed by atoms with Gasteiger partial charge in [0.25, 0.3) is 0 Å². The third-order valence-electron chi connectivity index (χ3n) is 5.88. The number of unbranched alkanes of at least 4 members (excludes halogenated alkanes) is 3.